The summed E-state index contributed by atoms with van der Waals surface area (Å²) in [7, 11) is 0. The van der Waals surface area contributed by atoms with Crippen LogP contribution in [0.4, 0.5) is 0 Å². The van der Waals surface area contributed by atoms with Gasteiger partial charge in [0.15, 0.2) is 0 Å². The van der Waals surface area contributed by atoms with Gasteiger partial charge in [-0.3, -0.25) is 36.8 Å². The van der Waals surface area contributed by atoms with Crippen LogP contribution in [0.2, 0.25) is 0 Å². The molecule has 14 heterocycles. The number of halogens is 4. The number of nitrogens with zero attached hydrogens (tertiary/aromatic N) is 4. The van der Waals surface area contributed by atoms with Gasteiger partial charge in [0.25, 0.3) is 22.2 Å². The van der Waals surface area contributed by atoms with Gasteiger partial charge in [0.05, 0.1) is 98.3 Å². The molecule has 0 atom stereocenters. The predicted octanol–water partition coefficient (Wildman–Crippen LogP) is 14.5. The Balaban J connectivity index is 0.000000116. The maximum absolute atomic E-state index is 13.6. The number of hydrogen-bond acceptors (Lipinski definition) is 10. The largest absolute Gasteiger partial charge is 0.274 e. The fraction of sp³-hybridized carbons (Fsp3) is 0. The Bertz CT molecular complexity index is 4670. The molecule has 0 saturated carbocycles. The van der Waals surface area contributed by atoms with E-state index in [2.05, 4.69) is 88.0 Å². The molecule has 16 rings (SSSR count). The standard InChI is InChI=1S/2C22H6Br2N2O2S3/c23-9-5-29-13-3-11-19-15-7(21(27)25(11)17(9)13)1-2-8-16(15)20(31-19)12-4-14-18(10(24)6-30-14)26(12)22(8)28;23-15-5-9-13(29-15)3-11-19-17-7(21(27)25(9)11)1-2-8-18(17)20(31-19)12-4-14-10(6-16(24)30-14)26(12)22(8)28/h2*1-6H. The molecule has 0 aliphatic heterocycles. The van der Waals surface area contributed by atoms with Gasteiger partial charge in [-0.1, -0.05) is 0 Å². The van der Waals surface area contributed by atoms with Crippen LogP contribution in [0.5, 0.6) is 0 Å². The highest BCUT2D eigenvalue weighted by Gasteiger charge is 2.27. The summed E-state index contributed by atoms with van der Waals surface area (Å²) in [6.45, 7) is 0. The van der Waals surface area contributed by atoms with E-state index in [1.807, 2.05) is 64.8 Å². The molecule has 62 heavy (non-hydrogen) atoms. The van der Waals surface area contributed by atoms with Crippen molar-refractivity contribution >= 4 is 257 Å². The summed E-state index contributed by atoms with van der Waals surface area (Å²) >= 11 is 24.2. The van der Waals surface area contributed by atoms with Crippen LogP contribution in [0.25, 0.3) is 125 Å². The fourth-order valence-corrected chi connectivity index (χ4v) is 18.9. The zero-order valence-corrected chi connectivity index (χ0v) is 41.6. The number of hydrogen-bond donors (Lipinski definition) is 0. The second kappa shape index (κ2) is 12.0. The van der Waals surface area contributed by atoms with Crippen LogP contribution < -0.4 is 22.2 Å². The Kier molecular flexibility index (Phi) is 7.01. The van der Waals surface area contributed by atoms with Crippen molar-refractivity contribution in [3.8, 4) is 0 Å². The van der Waals surface area contributed by atoms with Crippen molar-refractivity contribution in [3.05, 3.63) is 129 Å². The Morgan fingerprint density at radius 3 is 1.06 bits per heavy atom. The quantitative estimate of drug-likeness (QED) is 0.142. The van der Waals surface area contributed by atoms with E-state index in [-0.39, 0.29) is 22.2 Å². The number of benzene rings is 2. The Hall–Kier alpha value is -4.08. The van der Waals surface area contributed by atoms with Crippen LogP contribution in [0, 0.1) is 0 Å². The van der Waals surface area contributed by atoms with Crippen LogP contribution in [0.1, 0.15) is 0 Å². The third-order valence-corrected chi connectivity index (χ3v) is 21.5. The maximum atomic E-state index is 13.6. The van der Waals surface area contributed by atoms with Crippen molar-refractivity contribution < 1.29 is 0 Å². The van der Waals surface area contributed by atoms with E-state index in [1.54, 1.807) is 68.0 Å². The van der Waals surface area contributed by atoms with Crippen molar-refractivity contribution in [2.45, 2.75) is 0 Å². The molecule has 0 radical (unpaired) electrons. The summed E-state index contributed by atoms with van der Waals surface area (Å²) in [5.74, 6) is 0. The number of pyridine rings is 4. The minimum atomic E-state index is -0.0374. The van der Waals surface area contributed by atoms with Gasteiger partial charge in [0.1, 0.15) is 0 Å². The molecule has 0 saturated heterocycles. The average molecular weight is 1170 g/mol. The maximum Gasteiger partial charge on any atom is 0.263 e. The normalized spacial score (nSPS) is 13.1. The van der Waals surface area contributed by atoms with E-state index in [0.717, 1.165) is 120 Å². The summed E-state index contributed by atoms with van der Waals surface area (Å²) in [6, 6.07) is 19.7. The third-order valence-electron chi connectivity index (χ3n) is 12.3. The zero-order chi connectivity index (χ0) is 41.5. The van der Waals surface area contributed by atoms with Crippen molar-refractivity contribution in [2.24, 2.45) is 0 Å². The summed E-state index contributed by atoms with van der Waals surface area (Å²) in [6.07, 6.45) is 0. The summed E-state index contributed by atoms with van der Waals surface area (Å²) < 4.78 is 19.7. The highest BCUT2D eigenvalue weighted by molar-refractivity contribution is 9.11. The first kappa shape index (κ1) is 36.3. The lowest BCUT2D eigenvalue weighted by molar-refractivity contribution is 1.20. The highest BCUT2D eigenvalue weighted by atomic mass is 79.9. The first-order valence-electron chi connectivity index (χ1n) is 18.6. The second-order valence-corrected chi connectivity index (χ2v) is 25.7. The molecule has 296 valence electrons. The third kappa shape index (κ3) is 4.22. The number of thiophene rings is 6. The fourth-order valence-electron chi connectivity index (χ4n) is 9.87. The molecule has 0 aliphatic carbocycles. The Morgan fingerprint density at radius 1 is 0.371 bits per heavy atom. The van der Waals surface area contributed by atoms with E-state index in [9.17, 15) is 19.2 Å². The van der Waals surface area contributed by atoms with Crippen LogP contribution in [0.3, 0.4) is 0 Å². The van der Waals surface area contributed by atoms with E-state index in [4.69, 9.17) is 0 Å². The highest BCUT2D eigenvalue weighted by Crippen LogP contribution is 2.48. The van der Waals surface area contributed by atoms with E-state index >= 15 is 0 Å². The number of fused-ring (bicyclic) bond motifs is 16. The van der Waals surface area contributed by atoms with Crippen molar-refractivity contribution in [3.63, 3.8) is 0 Å². The van der Waals surface area contributed by atoms with Gasteiger partial charge in [-0.15, -0.1) is 68.0 Å². The van der Waals surface area contributed by atoms with Crippen LogP contribution >= 0.6 is 132 Å². The van der Waals surface area contributed by atoms with Crippen molar-refractivity contribution in [1.82, 2.24) is 17.6 Å². The number of aromatic nitrogens is 4. The van der Waals surface area contributed by atoms with Gasteiger partial charge in [-0.25, -0.2) is 0 Å². The van der Waals surface area contributed by atoms with E-state index in [0.29, 0.717) is 21.5 Å². The smallest absolute Gasteiger partial charge is 0.263 e. The monoisotopic (exact) mass is 1170 g/mol. The second-order valence-electron chi connectivity index (χ2n) is 15.2. The molecule has 14 aromatic heterocycles. The summed E-state index contributed by atoms with van der Waals surface area (Å²) in [5, 5.41) is 10.4. The molecule has 0 fully saturated rings. The Labute approximate surface area is 399 Å². The zero-order valence-electron chi connectivity index (χ0n) is 30.3. The van der Waals surface area contributed by atoms with Crippen LogP contribution in [-0.2, 0) is 0 Å². The summed E-state index contributed by atoms with van der Waals surface area (Å²) in [5.41, 5.74) is 7.21. The molecule has 0 spiro atoms. The molecule has 18 heteroatoms. The lowest BCUT2D eigenvalue weighted by atomic mass is 10.0. The predicted molar refractivity (Wildman–Crippen MR) is 280 cm³/mol. The van der Waals surface area contributed by atoms with Gasteiger partial charge >= 0.3 is 0 Å². The molecular formula is C44H12Br4N4O4S6. The molecule has 0 aliphatic rings. The molecule has 0 bridgehead atoms. The molecule has 2 aromatic carbocycles. The lowest BCUT2D eigenvalue weighted by Crippen LogP contribution is -2.14. The van der Waals surface area contributed by atoms with Gasteiger partial charge in [0.2, 0.25) is 0 Å². The number of rotatable bonds is 0. The average Bonchev–Trinajstić information content (AvgIpc) is 4.09. The van der Waals surface area contributed by atoms with Crippen LogP contribution in [0.15, 0.2) is 107 Å². The minimum Gasteiger partial charge on any atom is -0.274 e. The molecule has 0 amide bonds. The van der Waals surface area contributed by atoms with Gasteiger partial charge in [-0.2, -0.15) is 0 Å². The van der Waals surface area contributed by atoms with Crippen LogP contribution in [-0.4, -0.2) is 17.6 Å². The molecule has 0 N–H and O–H groups in total. The lowest BCUT2D eigenvalue weighted by Gasteiger charge is -2.05. The minimum absolute atomic E-state index is 0.0305. The van der Waals surface area contributed by atoms with Crippen molar-refractivity contribution in [2.75, 3.05) is 0 Å². The summed E-state index contributed by atoms with van der Waals surface area (Å²) in [4.78, 5) is 54.2. The first-order valence-corrected chi connectivity index (χ1v) is 26.8. The molecule has 16 aromatic rings. The van der Waals surface area contributed by atoms with Gasteiger partial charge in [-0.05, 0) is 124 Å². The Morgan fingerprint density at radius 2 is 0.694 bits per heavy atom. The van der Waals surface area contributed by atoms with E-state index < -0.39 is 0 Å². The molecule has 0 unspecified atom stereocenters. The topological polar surface area (TPSA) is 85.9 Å². The van der Waals surface area contributed by atoms with E-state index in [1.165, 1.54) is 0 Å². The molecular weight excluding hydrogens is 1160 g/mol. The van der Waals surface area contributed by atoms with Gasteiger partial charge < -0.3 is 0 Å². The van der Waals surface area contributed by atoms with Crippen molar-refractivity contribution in [1.29, 1.82) is 0 Å². The SMILES string of the molecule is O=c1c2ccc3c(=O)n4c(cc5scc(Br)c54)c4sc(c2c34)c2cc3scc(Br)c3n12.O=c1c2ccc3c(=O)n4c5cc(Br)sc5cc4c4sc(c2c34)c2cc3sc(Br)cc3n12. The van der Waals surface area contributed by atoms with Gasteiger partial charge in [0, 0.05) is 53.8 Å². The molecule has 8 nitrogen and oxygen atoms in total. The first-order chi connectivity index (χ1) is 30.0.